The molecule has 6 heteroatoms. The third-order valence-electron chi connectivity index (χ3n) is 2.99. The second-order valence-electron chi connectivity index (χ2n) is 4.90. The van der Waals surface area contributed by atoms with Gasteiger partial charge in [0.25, 0.3) is 0 Å². The highest BCUT2D eigenvalue weighted by molar-refractivity contribution is 7.99. The summed E-state index contributed by atoms with van der Waals surface area (Å²) in [5, 5.41) is 13.3. The van der Waals surface area contributed by atoms with E-state index in [9.17, 15) is 0 Å². The standard InChI is InChI=1S/C11H20N4OS/c1-8(2)7-15-11(12-13-14-15)17-10-6-4-5-9(10)16-3/h8-10H,4-7H2,1-3H3/t9-,10+/m1/s1. The van der Waals surface area contributed by atoms with Crippen LogP contribution < -0.4 is 0 Å². The third-order valence-corrected chi connectivity index (χ3v) is 4.33. The molecule has 1 aromatic heterocycles. The predicted molar refractivity (Wildman–Crippen MR) is 66.9 cm³/mol. The fraction of sp³-hybridized carbons (Fsp3) is 0.909. The van der Waals surface area contributed by atoms with Gasteiger partial charge in [0.15, 0.2) is 0 Å². The maximum Gasteiger partial charge on any atom is 0.209 e. The van der Waals surface area contributed by atoms with Gasteiger partial charge < -0.3 is 4.74 Å². The van der Waals surface area contributed by atoms with Crippen LogP contribution in [0.25, 0.3) is 0 Å². The summed E-state index contributed by atoms with van der Waals surface area (Å²) < 4.78 is 7.40. The molecule has 0 aliphatic heterocycles. The summed E-state index contributed by atoms with van der Waals surface area (Å²) in [6.45, 7) is 5.22. The fourth-order valence-electron chi connectivity index (χ4n) is 2.17. The van der Waals surface area contributed by atoms with Gasteiger partial charge in [0, 0.05) is 18.9 Å². The minimum atomic E-state index is 0.351. The molecule has 1 aliphatic rings. The molecule has 0 spiro atoms. The maximum atomic E-state index is 5.49. The molecule has 1 saturated carbocycles. The molecule has 1 aliphatic carbocycles. The molecule has 0 radical (unpaired) electrons. The van der Waals surface area contributed by atoms with Gasteiger partial charge in [0.05, 0.1) is 6.10 Å². The molecule has 0 bridgehead atoms. The molecule has 0 saturated heterocycles. The second kappa shape index (κ2) is 5.82. The van der Waals surface area contributed by atoms with Crippen molar-refractivity contribution >= 4 is 11.8 Å². The summed E-state index contributed by atoms with van der Waals surface area (Å²) in [7, 11) is 1.79. The van der Waals surface area contributed by atoms with Crippen molar-refractivity contribution in [2.45, 2.75) is 56.2 Å². The zero-order valence-corrected chi connectivity index (χ0v) is 11.5. The number of rotatable bonds is 5. The lowest BCUT2D eigenvalue weighted by atomic mass is 10.2. The zero-order valence-electron chi connectivity index (χ0n) is 10.7. The Balaban J connectivity index is 2.00. The van der Waals surface area contributed by atoms with Crippen molar-refractivity contribution < 1.29 is 4.74 Å². The van der Waals surface area contributed by atoms with E-state index < -0.39 is 0 Å². The first-order valence-electron chi connectivity index (χ1n) is 6.16. The summed E-state index contributed by atoms with van der Waals surface area (Å²) in [4.78, 5) is 0. The molecule has 1 heterocycles. The highest BCUT2D eigenvalue weighted by atomic mass is 32.2. The number of ether oxygens (including phenoxy) is 1. The monoisotopic (exact) mass is 256 g/mol. The SMILES string of the molecule is CO[C@@H]1CCC[C@@H]1Sc1nnnn1CC(C)C. The van der Waals surface area contributed by atoms with Gasteiger partial charge in [-0.2, -0.15) is 0 Å². The van der Waals surface area contributed by atoms with Crippen LogP contribution in [0, 0.1) is 5.92 Å². The van der Waals surface area contributed by atoms with E-state index in [1.165, 1.54) is 12.8 Å². The van der Waals surface area contributed by atoms with Crippen LogP contribution in [-0.4, -0.2) is 38.7 Å². The summed E-state index contributed by atoms with van der Waals surface area (Å²) in [6, 6.07) is 0. The fourth-order valence-corrected chi connectivity index (χ4v) is 3.44. The topological polar surface area (TPSA) is 52.8 Å². The predicted octanol–water partition coefficient (Wildman–Crippen LogP) is 1.99. The Kier molecular flexibility index (Phi) is 4.39. The minimum Gasteiger partial charge on any atom is -0.380 e. The zero-order chi connectivity index (χ0) is 12.3. The third kappa shape index (κ3) is 3.19. The van der Waals surface area contributed by atoms with Gasteiger partial charge in [-0.1, -0.05) is 25.6 Å². The molecule has 0 amide bonds. The Morgan fingerprint density at radius 1 is 1.47 bits per heavy atom. The first kappa shape index (κ1) is 12.8. The van der Waals surface area contributed by atoms with Crippen molar-refractivity contribution in [3.05, 3.63) is 0 Å². The maximum absolute atomic E-state index is 5.49. The van der Waals surface area contributed by atoms with E-state index in [1.807, 2.05) is 4.68 Å². The number of hydrogen-bond acceptors (Lipinski definition) is 5. The molecule has 5 nitrogen and oxygen atoms in total. The molecule has 2 atom stereocenters. The minimum absolute atomic E-state index is 0.351. The van der Waals surface area contributed by atoms with Crippen LogP contribution in [0.5, 0.6) is 0 Å². The molecule has 1 aromatic rings. The van der Waals surface area contributed by atoms with Gasteiger partial charge in [-0.15, -0.1) is 5.10 Å². The van der Waals surface area contributed by atoms with Crippen LogP contribution >= 0.6 is 11.8 Å². The summed E-state index contributed by atoms with van der Waals surface area (Å²) >= 11 is 1.76. The van der Waals surface area contributed by atoms with Crippen molar-refractivity contribution in [3.8, 4) is 0 Å². The smallest absolute Gasteiger partial charge is 0.209 e. The summed E-state index contributed by atoms with van der Waals surface area (Å²) in [6.07, 6.45) is 3.93. The van der Waals surface area contributed by atoms with E-state index in [0.29, 0.717) is 17.3 Å². The average molecular weight is 256 g/mol. The van der Waals surface area contributed by atoms with Crippen LogP contribution in [0.3, 0.4) is 0 Å². The summed E-state index contributed by atoms with van der Waals surface area (Å²) in [5.74, 6) is 0.555. The first-order valence-corrected chi connectivity index (χ1v) is 7.04. The Bertz CT molecular complexity index is 355. The van der Waals surface area contributed by atoms with Crippen molar-refractivity contribution in [1.29, 1.82) is 0 Å². The van der Waals surface area contributed by atoms with E-state index in [-0.39, 0.29) is 0 Å². The molecule has 2 rings (SSSR count). The average Bonchev–Trinajstić information content (AvgIpc) is 2.88. The molecular formula is C11H20N4OS. The van der Waals surface area contributed by atoms with Crippen molar-refractivity contribution in [2.24, 2.45) is 5.92 Å². The van der Waals surface area contributed by atoms with Gasteiger partial charge in [-0.05, 0) is 35.6 Å². The molecular weight excluding hydrogens is 236 g/mol. The number of aromatic nitrogens is 4. The molecule has 0 aromatic carbocycles. The molecule has 0 unspecified atom stereocenters. The lowest BCUT2D eigenvalue weighted by Gasteiger charge is -2.17. The van der Waals surface area contributed by atoms with Crippen LogP contribution in [0.15, 0.2) is 5.16 Å². The largest absolute Gasteiger partial charge is 0.380 e. The van der Waals surface area contributed by atoms with Gasteiger partial charge in [0.2, 0.25) is 5.16 Å². The van der Waals surface area contributed by atoms with E-state index in [0.717, 1.165) is 18.1 Å². The van der Waals surface area contributed by atoms with Crippen molar-refractivity contribution in [3.63, 3.8) is 0 Å². The number of thioether (sulfide) groups is 1. The van der Waals surface area contributed by atoms with Gasteiger partial charge in [0.1, 0.15) is 0 Å². The molecule has 0 N–H and O–H groups in total. The first-order chi connectivity index (χ1) is 8.20. The Morgan fingerprint density at radius 2 is 2.29 bits per heavy atom. The quantitative estimate of drug-likeness (QED) is 0.806. The Morgan fingerprint density at radius 3 is 3.00 bits per heavy atom. The second-order valence-corrected chi connectivity index (χ2v) is 6.11. The van der Waals surface area contributed by atoms with E-state index in [4.69, 9.17) is 4.74 Å². The number of hydrogen-bond donors (Lipinski definition) is 0. The van der Waals surface area contributed by atoms with Crippen LogP contribution in [-0.2, 0) is 11.3 Å². The molecule has 1 fully saturated rings. The van der Waals surface area contributed by atoms with Crippen molar-refractivity contribution in [1.82, 2.24) is 20.2 Å². The number of nitrogens with zero attached hydrogens (tertiary/aromatic N) is 4. The van der Waals surface area contributed by atoms with E-state index in [1.54, 1.807) is 18.9 Å². The van der Waals surface area contributed by atoms with Crippen LogP contribution in [0.2, 0.25) is 0 Å². The lowest BCUT2D eigenvalue weighted by molar-refractivity contribution is 0.113. The normalized spacial score (nSPS) is 24.7. The number of tetrazole rings is 1. The lowest BCUT2D eigenvalue weighted by Crippen LogP contribution is -2.19. The molecule has 17 heavy (non-hydrogen) atoms. The van der Waals surface area contributed by atoms with Crippen LogP contribution in [0.1, 0.15) is 33.1 Å². The Hall–Kier alpha value is -0.620. The van der Waals surface area contributed by atoms with Gasteiger partial charge >= 0.3 is 0 Å². The number of methoxy groups -OCH3 is 1. The highest BCUT2D eigenvalue weighted by Crippen LogP contribution is 2.35. The van der Waals surface area contributed by atoms with E-state index in [2.05, 4.69) is 29.4 Å². The van der Waals surface area contributed by atoms with Crippen LogP contribution in [0.4, 0.5) is 0 Å². The van der Waals surface area contributed by atoms with E-state index >= 15 is 0 Å². The van der Waals surface area contributed by atoms with Crippen molar-refractivity contribution in [2.75, 3.05) is 7.11 Å². The summed E-state index contributed by atoms with van der Waals surface area (Å²) in [5.41, 5.74) is 0. The highest BCUT2D eigenvalue weighted by Gasteiger charge is 2.29. The Labute approximate surface area is 106 Å². The molecule has 96 valence electrons. The van der Waals surface area contributed by atoms with Gasteiger partial charge in [-0.3, -0.25) is 0 Å². The van der Waals surface area contributed by atoms with Gasteiger partial charge in [-0.25, -0.2) is 4.68 Å².